The summed E-state index contributed by atoms with van der Waals surface area (Å²) in [5, 5.41) is 28.4. The number of nitrogens with zero attached hydrogens (tertiary/aromatic N) is 4. The zero-order valence-electron chi connectivity index (χ0n) is 18.1. The van der Waals surface area contributed by atoms with Gasteiger partial charge < -0.3 is 5.32 Å². The highest BCUT2D eigenvalue weighted by Crippen LogP contribution is 2.40. The maximum Gasteiger partial charge on any atom is 0.219 e. The van der Waals surface area contributed by atoms with Gasteiger partial charge in [0.15, 0.2) is 11.0 Å². The second kappa shape index (κ2) is 9.86. The van der Waals surface area contributed by atoms with Crippen LogP contribution in [0, 0.1) is 28.6 Å². The smallest absolute Gasteiger partial charge is 0.219 e. The van der Waals surface area contributed by atoms with Crippen LogP contribution in [-0.4, -0.2) is 33.4 Å². The Morgan fingerprint density at radius 3 is 2.03 bits per heavy atom. The molecule has 0 saturated carbocycles. The van der Waals surface area contributed by atoms with Crippen LogP contribution in [0.15, 0.2) is 84.0 Å². The number of rotatable bonds is 5. The quantitative estimate of drug-likeness (QED) is 0.232. The van der Waals surface area contributed by atoms with Crippen LogP contribution in [0.3, 0.4) is 0 Å². The van der Waals surface area contributed by atoms with Gasteiger partial charge in [0.05, 0.1) is 18.4 Å². The Bertz CT molecular complexity index is 1380. The molecule has 4 rings (SSSR count). The minimum atomic E-state index is -2.31. The van der Waals surface area contributed by atoms with E-state index in [1.165, 1.54) is 18.3 Å². The first-order valence-electron chi connectivity index (χ1n) is 10.4. The molecule has 1 N–H and O–H groups in total. The van der Waals surface area contributed by atoms with Gasteiger partial charge in [0.25, 0.3) is 0 Å². The molecule has 0 aliphatic heterocycles. The van der Waals surface area contributed by atoms with Crippen LogP contribution < -0.4 is 5.32 Å². The predicted molar refractivity (Wildman–Crippen MR) is 136 cm³/mol. The van der Waals surface area contributed by atoms with Gasteiger partial charge in [-0.05, 0) is 42.0 Å². The molecule has 0 amide bonds. The lowest BCUT2D eigenvalue weighted by molar-refractivity contribution is 0.0597. The van der Waals surface area contributed by atoms with Crippen LogP contribution in [0.5, 0.6) is 0 Å². The van der Waals surface area contributed by atoms with E-state index < -0.39 is 23.0 Å². The van der Waals surface area contributed by atoms with E-state index in [1.54, 1.807) is 60.7 Å². The Morgan fingerprint density at radius 2 is 1.49 bits per heavy atom. The summed E-state index contributed by atoms with van der Waals surface area (Å²) in [6, 6.07) is 25.3. The number of carbonyl (C=O) groups excluding carboxylic acids is 2. The summed E-state index contributed by atoms with van der Waals surface area (Å²) < 4.78 is 0. The first-order valence-corrected chi connectivity index (χ1v) is 11.2. The van der Waals surface area contributed by atoms with Crippen molar-refractivity contribution in [2.75, 3.05) is 5.32 Å². The topological polar surface area (TPSA) is 109 Å². The first-order chi connectivity index (χ1) is 16.9. The molecular formula is C26H16ClN5O2S. The number of ketones is 2. The van der Waals surface area contributed by atoms with Crippen LogP contribution in [0.1, 0.15) is 26.3 Å². The molecule has 0 fully saturated rings. The van der Waals surface area contributed by atoms with Gasteiger partial charge >= 0.3 is 0 Å². The van der Waals surface area contributed by atoms with Crippen LogP contribution in [0.2, 0.25) is 5.02 Å². The summed E-state index contributed by atoms with van der Waals surface area (Å²) >= 11 is 11.6. The number of anilines is 1. The minimum Gasteiger partial charge on any atom is -0.331 e. The maximum atomic E-state index is 13.8. The maximum absolute atomic E-state index is 13.8. The SMILES string of the molecule is N#CC(C#N)C1(N(/N=C/c2ccc(Cl)cc2)C(=S)Nc2ccccc2)C(=O)c2ccccc2C1=O. The fraction of sp³-hybridized carbons (Fsp3) is 0.0769. The van der Waals surface area contributed by atoms with E-state index in [9.17, 15) is 20.1 Å². The van der Waals surface area contributed by atoms with Crippen LogP contribution in [0.25, 0.3) is 0 Å². The summed E-state index contributed by atoms with van der Waals surface area (Å²) in [5.41, 5.74) is -0.947. The fourth-order valence-corrected chi connectivity index (χ4v) is 4.30. The number of hydrazone groups is 1. The Hall–Kier alpha value is -4.37. The van der Waals surface area contributed by atoms with Gasteiger partial charge in [-0.25, -0.2) is 5.01 Å². The number of fused-ring (bicyclic) bond motifs is 1. The summed E-state index contributed by atoms with van der Waals surface area (Å²) in [6.07, 6.45) is 1.38. The van der Waals surface area contributed by atoms with Gasteiger partial charge in [-0.2, -0.15) is 15.6 Å². The highest BCUT2D eigenvalue weighted by molar-refractivity contribution is 7.80. The molecule has 7 nitrogen and oxygen atoms in total. The number of halogens is 1. The molecule has 3 aromatic rings. The summed E-state index contributed by atoms with van der Waals surface area (Å²) in [6.45, 7) is 0. The van der Waals surface area contributed by atoms with Crippen molar-refractivity contribution in [2.45, 2.75) is 5.54 Å². The lowest BCUT2D eigenvalue weighted by Crippen LogP contribution is -2.62. The summed E-state index contributed by atoms with van der Waals surface area (Å²) in [5.74, 6) is -3.15. The van der Waals surface area contributed by atoms with Crippen LogP contribution in [-0.2, 0) is 0 Å². The lowest BCUT2D eigenvalue weighted by Gasteiger charge is -2.36. The molecule has 170 valence electrons. The predicted octanol–water partition coefficient (Wildman–Crippen LogP) is 4.85. The molecule has 35 heavy (non-hydrogen) atoms. The molecule has 0 spiro atoms. The van der Waals surface area contributed by atoms with E-state index in [0.29, 0.717) is 16.3 Å². The molecular weight excluding hydrogens is 482 g/mol. The van der Waals surface area contributed by atoms with Gasteiger partial charge in [0.1, 0.15) is 0 Å². The highest BCUT2D eigenvalue weighted by atomic mass is 35.5. The third kappa shape index (κ3) is 4.17. The molecule has 9 heteroatoms. The zero-order valence-corrected chi connectivity index (χ0v) is 19.6. The summed E-state index contributed by atoms with van der Waals surface area (Å²) in [4.78, 5) is 27.6. The van der Waals surface area contributed by atoms with Gasteiger partial charge in [-0.3, -0.25) is 9.59 Å². The number of nitriles is 2. The van der Waals surface area contributed by atoms with Gasteiger partial charge in [-0.15, -0.1) is 0 Å². The van der Waals surface area contributed by atoms with Gasteiger partial charge in [0, 0.05) is 21.8 Å². The largest absolute Gasteiger partial charge is 0.331 e. The highest BCUT2D eigenvalue weighted by Gasteiger charge is 2.63. The van der Waals surface area contributed by atoms with Crippen molar-refractivity contribution in [3.05, 3.63) is 101 Å². The number of nitrogens with one attached hydrogen (secondary N) is 1. The van der Waals surface area contributed by atoms with E-state index in [0.717, 1.165) is 5.01 Å². The molecule has 0 bridgehead atoms. The monoisotopic (exact) mass is 497 g/mol. The molecule has 0 heterocycles. The molecule has 0 unspecified atom stereocenters. The standard InChI is InChI=1S/C26H16ClN5O2S/c27-19-12-10-17(11-13-19)16-30-32(25(35)31-20-6-2-1-3-7-20)26(18(14-28)15-29)23(33)21-8-4-5-9-22(21)24(26)34/h1-13,16,18H,(H,31,35)/b30-16+. The molecule has 1 aliphatic rings. The lowest BCUT2D eigenvalue weighted by atomic mass is 9.80. The zero-order chi connectivity index (χ0) is 25.0. The molecule has 3 aromatic carbocycles. The summed E-state index contributed by atoms with van der Waals surface area (Å²) in [7, 11) is 0. The van der Waals surface area contributed by atoms with E-state index in [-0.39, 0.29) is 16.2 Å². The minimum absolute atomic E-state index is 0.0993. The van der Waals surface area contributed by atoms with Crippen LogP contribution in [0.4, 0.5) is 5.69 Å². The van der Waals surface area contributed by atoms with Gasteiger partial charge in [-0.1, -0.05) is 66.2 Å². The second-order valence-corrected chi connectivity index (χ2v) is 8.39. The van der Waals surface area contributed by atoms with E-state index in [2.05, 4.69) is 10.4 Å². The number of carbonyl (C=O) groups is 2. The van der Waals surface area contributed by atoms with E-state index in [1.807, 2.05) is 18.2 Å². The van der Waals surface area contributed by atoms with Crippen molar-refractivity contribution in [2.24, 2.45) is 11.0 Å². The molecule has 0 atom stereocenters. The average molecular weight is 498 g/mol. The third-order valence-electron chi connectivity index (χ3n) is 5.53. The number of para-hydroxylation sites is 1. The van der Waals surface area contributed by atoms with Crippen molar-refractivity contribution in [3.8, 4) is 12.1 Å². The van der Waals surface area contributed by atoms with E-state index >= 15 is 0 Å². The average Bonchev–Trinajstić information content (AvgIpc) is 3.10. The molecule has 0 aromatic heterocycles. The third-order valence-corrected chi connectivity index (χ3v) is 6.06. The number of Topliss-reactive ketones (excluding diaryl/α,β-unsaturated/α-hetero) is 2. The second-order valence-electron chi connectivity index (χ2n) is 7.57. The van der Waals surface area contributed by atoms with Gasteiger partial charge in [0.2, 0.25) is 17.1 Å². The molecule has 0 saturated heterocycles. The van der Waals surface area contributed by atoms with Crippen molar-refractivity contribution in [3.63, 3.8) is 0 Å². The molecule has 0 radical (unpaired) electrons. The Kier molecular flexibility index (Phi) is 6.70. The Labute approximate surface area is 211 Å². The normalized spacial score (nSPS) is 13.8. The van der Waals surface area contributed by atoms with Crippen molar-refractivity contribution in [1.82, 2.24) is 5.01 Å². The van der Waals surface area contributed by atoms with Crippen LogP contribution >= 0.6 is 23.8 Å². The Balaban J connectivity index is 1.90. The molecule has 1 aliphatic carbocycles. The van der Waals surface area contributed by atoms with E-state index in [4.69, 9.17) is 23.8 Å². The first kappa shape index (κ1) is 23.8. The number of hydrogen-bond donors (Lipinski definition) is 1. The number of hydrogen-bond acceptors (Lipinski definition) is 6. The van der Waals surface area contributed by atoms with Crippen molar-refractivity contribution >= 4 is 52.4 Å². The van der Waals surface area contributed by atoms with Crippen molar-refractivity contribution < 1.29 is 9.59 Å². The Morgan fingerprint density at radius 1 is 0.943 bits per heavy atom. The fourth-order valence-electron chi connectivity index (χ4n) is 3.86. The number of thiocarbonyl (C=S) groups is 1. The van der Waals surface area contributed by atoms with Crippen molar-refractivity contribution in [1.29, 1.82) is 10.5 Å². The number of benzene rings is 3.